The SMILES string of the molecule is CC(C)N(CC(=O)O)C(=O)c1cc(=O)n(C)o1. The molecule has 7 nitrogen and oxygen atoms in total. The van der Waals surface area contributed by atoms with E-state index in [0.29, 0.717) is 0 Å². The van der Waals surface area contributed by atoms with Crippen molar-refractivity contribution < 1.29 is 19.2 Å². The highest BCUT2D eigenvalue weighted by atomic mass is 16.5. The first-order valence-corrected chi connectivity index (χ1v) is 5.03. The molecule has 0 saturated carbocycles. The van der Waals surface area contributed by atoms with Gasteiger partial charge in [0, 0.05) is 13.1 Å². The highest BCUT2D eigenvalue weighted by molar-refractivity contribution is 5.93. The lowest BCUT2D eigenvalue weighted by molar-refractivity contribution is -0.138. The minimum absolute atomic E-state index is 0.160. The lowest BCUT2D eigenvalue weighted by Crippen LogP contribution is -2.40. The second-order valence-electron chi connectivity index (χ2n) is 3.86. The van der Waals surface area contributed by atoms with E-state index >= 15 is 0 Å². The van der Waals surface area contributed by atoms with Crippen LogP contribution in [0.25, 0.3) is 0 Å². The van der Waals surface area contributed by atoms with Crippen molar-refractivity contribution >= 4 is 11.9 Å². The molecule has 1 aromatic heterocycles. The molecule has 0 aliphatic rings. The number of hydrogen-bond acceptors (Lipinski definition) is 4. The van der Waals surface area contributed by atoms with E-state index in [2.05, 4.69) is 0 Å². The van der Waals surface area contributed by atoms with Gasteiger partial charge in [-0.2, -0.15) is 4.74 Å². The standard InChI is InChI=1S/C10H14N2O5/c1-6(2)12(5-9(14)15)10(16)7-4-8(13)11(3)17-7/h4,6H,5H2,1-3H3,(H,14,15). The van der Waals surface area contributed by atoms with Gasteiger partial charge in [0.15, 0.2) is 0 Å². The fourth-order valence-electron chi connectivity index (χ4n) is 1.30. The third kappa shape index (κ3) is 2.96. The monoisotopic (exact) mass is 242 g/mol. The minimum atomic E-state index is -1.12. The lowest BCUT2D eigenvalue weighted by atomic mass is 10.3. The number of hydrogen-bond donors (Lipinski definition) is 1. The predicted octanol–water partition coefficient (Wildman–Crippen LogP) is -0.0865. The smallest absolute Gasteiger partial charge is 0.323 e. The molecule has 1 aromatic rings. The highest BCUT2D eigenvalue weighted by Gasteiger charge is 2.24. The number of carboxylic acids is 1. The number of aliphatic carboxylic acids is 1. The number of carbonyl (C=O) groups excluding carboxylic acids is 1. The van der Waals surface area contributed by atoms with E-state index in [1.165, 1.54) is 7.05 Å². The number of carboxylic acid groups (broad SMARTS) is 1. The number of amides is 1. The van der Waals surface area contributed by atoms with Gasteiger partial charge in [-0.15, -0.1) is 0 Å². The zero-order chi connectivity index (χ0) is 13.2. The van der Waals surface area contributed by atoms with Gasteiger partial charge in [-0.3, -0.25) is 14.4 Å². The molecule has 0 aromatic carbocycles. The molecule has 94 valence electrons. The average Bonchev–Trinajstić information content (AvgIpc) is 2.54. The topological polar surface area (TPSA) is 92.8 Å². The lowest BCUT2D eigenvalue weighted by Gasteiger charge is -2.23. The van der Waals surface area contributed by atoms with E-state index in [0.717, 1.165) is 15.7 Å². The molecule has 1 heterocycles. The van der Waals surface area contributed by atoms with Crippen molar-refractivity contribution in [3.05, 3.63) is 22.2 Å². The molecule has 0 spiro atoms. The van der Waals surface area contributed by atoms with Gasteiger partial charge in [0.25, 0.3) is 11.5 Å². The molecule has 0 fully saturated rings. The van der Waals surface area contributed by atoms with Gasteiger partial charge in [0.05, 0.1) is 6.07 Å². The first-order chi connectivity index (χ1) is 7.82. The van der Waals surface area contributed by atoms with Crippen molar-refractivity contribution in [2.24, 2.45) is 7.05 Å². The molecule has 0 bridgehead atoms. The molecule has 0 aliphatic heterocycles. The number of aryl methyl sites for hydroxylation is 1. The Morgan fingerprint density at radius 2 is 2.12 bits per heavy atom. The van der Waals surface area contributed by atoms with Gasteiger partial charge < -0.3 is 14.5 Å². The molecule has 0 aliphatic carbocycles. The van der Waals surface area contributed by atoms with Crippen LogP contribution in [0.3, 0.4) is 0 Å². The summed E-state index contributed by atoms with van der Waals surface area (Å²) in [5.74, 6) is -1.89. The first-order valence-electron chi connectivity index (χ1n) is 5.03. The quantitative estimate of drug-likeness (QED) is 0.796. The molecular formula is C10H14N2O5. The Morgan fingerprint density at radius 3 is 2.47 bits per heavy atom. The predicted molar refractivity (Wildman–Crippen MR) is 57.8 cm³/mol. The van der Waals surface area contributed by atoms with Crippen molar-refractivity contribution in [3.63, 3.8) is 0 Å². The third-order valence-corrected chi connectivity index (χ3v) is 2.20. The van der Waals surface area contributed by atoms with Gasteiger partial charge >= 0.3 is 5.97 Å². The highest BCUT2D eigenvalue weighted by Crippen LogP contribution is 2.06. The van der Waals surface area contributed by atoms with Crippen LogP contribution in [0.1, 0.15) is 24.4 Å². The fraction of sp³-hybridized carbons (Fsp3) is 0.500. The summed E-state index contributed by atoms with van der Waals surface area (Å²) in [5, 5.41) is 8.70. The van der Waals surface area contributed by atoms with Crippen LogP contribution in [0.15, 0.2) is 15.4 Å². The minimum Gasteiger partial charge on any atom is -0.480 e. The molecule has 0 atom stereocenters. The number of nitrogens with zero attached hydrogens (tertiary/aromatic N) is 2. The Labute approximate surface area is 97.2 Å². The molecule has 7 heteroatoms. The summed E-state index contributed by atoms with van der Waals surface area (Å²) < 4.78 is 5.82. The Hall–Kier alpha value is -2.05. The van der Waals surface area contributed by atoms with Gasteiger partial charge in [0.1, 0.15) is 6.54 Å². The molecular weight excluding hydrogens is 228 g/mol. The van der Waals surface area contributed by atoms with E-state index in [-0.39, 0.29) is 11.8 Å². The number of aromatic nitrogens is 1. The number of rotatable bonds is 4. The fourth-order valence-corrected chi connectivity index (χ4v) is 1.30. The molecule has 1 amide bonds. The van der Waals surface area contributed by atoms with Gasteiger partial charge in [-0.25, -0.2) is 0 Å². The van der Waals surface area contributed by atoms with Crippen molar-refractivity contribution in [1.82, 2.24) is 9.64 Å². The van der Waals surface area contributed by atoms with Crippen LogP contribution >= 0.6 is 0 Å². The van der Waals surface area contributed by atoms with E-state index in [4.69, 9.17) is 9.63 Å². The van der Waals surface area contributed by atoms with E-state index in [1.807, 2.05) is 0 Å². The van der Waals surface area contributed by atoms with Crippen molar-refractivity contribution in [3.8, 4) is 0 Å². The van der Waals surface area contributed by atoms with Crippen LogP contribution in [-0.2, 0) is 11.8 Å². The second-order valence-corrected chi connectivity index (χ2v) is 3.86. The summed E-state index contributed by atoms with van der Waals surface area (Å²) in [6.07, 6.45) is 0. The Morgan fingerprint density at radius 1 is 1.53 bits per heavy atom. The summed E-state index contributed by atoms with van der Waals surface area (Å²) in [6, 6.07) is 0.739. The Balaban J connectivity index is 2.99. The van der Waals surface area contributed by atoms with Gasteiger partial charge in [-0.1, -0.05) is 0 Å². The largest absolute Gasteiger partial charge is 0.480 e. The van der Waals surface area contributed by atoms with Crippen LogP contribution in [-0.4, -0.2) is 39.2 Å². The van der Waals surface area contributed by atoms with Crippen LogP contribution in [0.4, 0.5) is 0 Å². The third-order valence-electron chi connectivity index (χ3n) is 2.20. The van der Waals surface area contributed by atoms with E-state index < -0.39 is 24.0 Å². The molecule has 0 saturated heterocycles. The van der Waals surface area contributed by atoms with Crippen molar-refractivity contribution in [1.29, 1.82) is 0 Å². The maximum absolute atomic E-state index is 11.9. The average molecular weight is 242 g/mol. The van der Waals surface area contributed by atoms with Crippen LogP contribution < -0.4 is 5.56 Å². The normalized spacial score (nSPS) is 10.6. The molecule has 1 rings (SSSR count). The van der Waals surface area contributed by atoms with Gasteiger partial charge in [0.2, 0.25) is 5.76 Å². The van der Waals surface area contributed by atoms with Crippen LogP contribution in [0, 0.1) is 0 Å². The van der Waals surface area contributed by atoms with Crippen molar-refractivity contribution in [2.75, 3.05) is 6.54 Å². The Bertz CT molecular complexity index is 485. The Kier molecular flexibility index (Phi) is 3.72. The maximum Gasteiger partial charge on any atom is 0.323 e. The van der Waals surface area contributed by atoms with Crippen LogP contribution in [0.2, 0.25) is 0 Å². The molecule has 0 unspecified atom stereocenters. The molecule has 17 heavy (non-hydrogen) atoms. The van der Waals surface area contributed by atoms with E-state index in [9.17, 15) is 14.4 Å². The molecule has 1 N–H and O–H groups in total. The van der Waals surface area contributed by atoms with Gasteiger partial charge in [-0.05, 0) is 13.8 Å². The van der Waals surface area contributed by atoms with Crippen molar-refractivity contribution in [2.45, 2.75) is 19.9 Å². The van der Waals surface area contributed by atoms with Crippen LogP contribution in [0.5, 0.6) is 0 Å². The second kappa shape index (κ2) is 4.86. The summed E-state index contributed by atoms with van der Waals surface area (Å²) in [7, 11) is 1.37. The zero-order valence-electron chi connectivity index (χ0n) is 9.84. The summed E-state index contributed by atoms with van der Waals surface area (Å²) in [4.78, 5) is 34.8. The molecule has 0 radical (unpaired) electrons. The van der Waals surface area contributed by atoms with E-state index in [1.54, 1.807) is 13.8 Å². The summed E-state index contributed by atoms with van der Waals surface area (Å²) in [5.41, 5.74) is -0.451. The maximum atomic E-state index is 11.9. The summed E-state index contributed by atoms with van der Waals surface area (Å²) >= 11 is 0. The number of carbonyl (C=O) groups is 2. The first kappa shape index (κ1) is 13.0. The summed E-state index contributed by atoms with van der Waals surface area (Å²) in [6.45, 7) is 2.93. The zero-order valence-corrected chi connectivity index (χ0v) is 9.84.